The molecule has 1 aromatic carbocycles. The second-order valence-corrected chi connectivity index (χ2v) is 6.36. The molecule has 2 aromatic rings. The molecule has 0 radical (unpaired) electrons. The predicted molar refractivity (Wildman–Crippen MR) is 102 cm³/mol. The Morgan fingerprint density at radius 3 is 2.69 bits per heavy atom. The molecule has 0 saturated carbocycles. The lowest BCUT2D eigenvalue weighted by Crippen LogP contribution is -2.45. The van der Waals surface area contributed by atoms with E-state index in [2.05, 4.69) is 43.1 Å². The number of dihydropyridines is 1. The van der Waals surface area contributed by atoms with Crippen LogP contribution in [0.2, 0.25) is 0 Å². The Morgan fingerprint density at radius 1 is 1.15 bits per heavy atom. The quantitative estimate of drug-likeness (QED) is 0.740. The van der Waals surface area contributed by atoms with Crippen LogP contribution in [0.15, 0.2) is 48.2 Å². The molecule has 136 valence electrons. The summed E-state index contributed by atoms with van der Waals surface area (Å²) < 4.78 is 5.56. The first-order chi connectivity index (χ1) is 12.8. The first-order valence-electron chi connectivity index (χ1n) is 8.96. The van der Waals surface area contributed by atoms with E-state index in [9.17, 15) is 0 Å². The Hall–Kier alpha value is -2.80. The first-order valence-corrected chi connectivity index (χ1v) is 8.96. The molecule has 7 heteroatoms. The highest BCUT2D eigenvalue weighted by Gasteiger charge is 2.18. The van der Waals surface area contributed by atoms with Crippen molar-refractivity contribution in [1.82, 2.24) is 30.8 Å². The topological polar surface area (TPSA) is 74.3 Å². The maximum Gasteiger partial charge on any atom is 0.126 e. The summed E-state index contributed by atoms with van der Waals surface area (Å²) >= 11 is 0. The highest BCUT2D eigenvalue weighted by Crippen LogP contribution is 2.24. The van der Waals surface area contributed by atoms with Gasteiger partial charge in [-0.3, -0.25) is 9.97 Å². The van der Waals surface area contributed by atoms with Gasteiger partial charge in [-0.25, -0.2) is 0 Å². The van der Waals surface area contributed by atoms with Crippen molar-refractivity contribution in [1.29, 1.82) is 0 Å². The molecule has 7 nitrogen and oxygen atoms in total. The zero-order chi connectivity index (χ0) is 17.8. The van der Waals surface area contributed by atoms with E-state index < -0.39 is 0 Å². The molecule has 3 N–H and O–H groups in total. The standard InChI is InChI=1S/C19H24N6O/c1-26-19-11-16-15(22-4-5-23-16)10-14(19)12-24-17-13-21-3-2-18(17)25-8-6-20-7-9-25/h2,4-5,10-11,13,20-21,24H,3,6-9,12H2,1H3. The fourth-order valence-electron chi connectivity index (χ4n) is 3.40. The van der Waals surface area contributed by atoms with E-state index in [0.29, 0.717) is 6.54 Å². The van der Waals surface area contributed by atoms with Crippen molar-refractivity contribution in [2.45, 2.75) is 6.54 Å². The summed E-state index contributed by atoms with van der Waals surface area (Å²) in [6, 6.07) is 3.99. The van der Waals surface area contributed by atoms with Crippen LogP contribution in [0, 0.1) is 0 Å². The van der Waals surface area contributed by atoms with Gasteiger partial charge in [-0.15, -0.1) is 0 Å². The van der Waals surface area contributed by atoms with Crippen molar-refractivity contribution in [3.63, 3.8) is 0 Å². The van der Waals surface area contributed by atoms with Crippen LogP contribution >= 0.6 is 0 Å². The molecule has 0 amide bonds. The molecule has 0 aliphatic carbocycles. The number of nitrogens with one attached hydrogen (secondary N) is 3. The molecule has 1 aromatic heterocycles. The van der Waals surface area contributed by atoms with Crippen LogP contribution in [-0.2, 0) is 6.54 Å². The average Bonchev–Trinajstić information content (AvgIpc) is 2.72. The van der Waals surface area contributed by atoms with Gasteiger partial charge in [-0.05, 0) is 12.1 Å². The van der Waals surface area contributed by atoms with Crippen LogP contribution in [0.25, 0.3) is 11.0 Å². The molecular formula is C19H24N6O. The maximum atomic E-state index is 5.56. The summed E-state index contributed by atoms with van der Waals surface area (Å²) in [7, 11) is 1.69. The van der Waals surface area contributed by atoms with E-state index in [1.807, 2.05) is 12.1 Å². The number of benzene rings is 1. The Labute approximate surface area is 153 Å². The van der Waals surface area contributed by atoms with Gasteiger partial charge in [0, 0.05) is 69.5 Å². The van der Waals surface area contributed by atoms with Gasteiger partial charge < -0.3 is 25.6 Å². The fourth-order valence-corrected chi connectivity index (χ4v) is 3.40. The molecule has 26 heavy (non-hydrogen) atoms. The van der Waals surface area contributed by atoms with Crippen molar-refractivity contribution < 1.29 is 4.74 Å². The molecule has 2 aliphatic rings. The lowest BCUT2D eigenvalue weighted by molar-refractivity contribution is 0.298. The molecule has 0 spiro atoms. The highest BCUT2D eigenvalue weighted by molar-refractivity contribution is 5.77. The summed E-state index contributed by atoms with van der Waals surface area (Å²) in [5.74, 6) is 0.822. The zero-order valence-corrected chi connectivity index (χ0v) is 15.0. The maximum absolute atomic E-state index is 5.56. The molecule has 0 unspecified atom stereocenters. The minimum Gasteiger partial charge on any atom is -0.496 e. The number of nitrogens with zero attached hydrogens (tertiary/aromatic N) is 3. The van der Waals surface area contributed by atoms with Gasteiger partial charge in [-0.1, -0.05) is 0 Å². The van der Waals surface area contributed by atoms with E-state index in [0.717, 1.165) is 60.8 Å². The van der Waals surface area contributed by atoms with Gasteiger partial charge in [0.2, 0.25) is 0 Å². The number of hydrogen-bond donors (Lipinski definition) is 3. The summed E-state index contributed by atoms with van der Waals surface area (Å²) in [5, 5.41) is 10.3. The third-order valence-electron chi connectivity index (χ3n) is 4.73. The van der Waals surface area contributed by atoms with E-state index >= 15 is 0 Å². The minimum atomic E-state index is 0.659. The second-order valence-electron chi connectivity index (χ2n) is 6.36. The largest absolute Gasteiger partial charge is 0.496 e. The van der Waals surface area contributed by atoms with E-state index in [-0.39, 0.29) is 0 Å². The summed E-state index contributed by atoms with van der Waals surface area (Å²) in [5.41, 5.74) is 5.16. The summed E-state index contributed by atoms with van der Waals surface area (Å²) in [6.07, 6.45) is 7.72. The Bertz CT molecular complexity index is 841. The summed E-state index contributed by atoms with van der Waals surface area (Å²) in [4.78, 5) is 11.2. The molecule has 1 saturated heterocycles. The van der Waals surface area contributed by atoms with Crippen LogP contribution in [-0.4, -0.2) is 54.7 Å². The monoisotopic (exact) mass is 352 g/mol. The lowest BCUT2D eigenvalue weighted by Gasteiger charge is -2.34. The molecule has 2 aliphatic heterocycles. The number of hydrogen-bond acceptors (Lipinski definition) is 7. The van der Waals surface area contributed by atoms with Crippen LogP contribution in [0.4, 0.5) is 0 Å². The molecule has 0 atom stereocenters. The lowest BCUT2D eigenvalue weighted by atomic mass is 10.1. The van der Waals surface area contributed by atoms with Crippen molar-refractivity contribution in [3.8, 4) is 5.75 Å². The molecule has 1 fully saturated rings. The first kappa shape index (κ1) is 16.7. The van der Waals surface area contributed by atoms with Crippen molar-refractivity contribution in [3.05, 3.63) is 53.8 Å². The van der Waals surface area contributed by atoms with Crippen molar-refractivity contribution >= 4 is 11.0 Å². The SMILES string of the molecule is COc1cc2nccnc2cc1CNC1=CNCC=C1N1CCNCC1. The minimum absolute atomic E-state index is 0.659. The van der Waals surface area contributed by atoms with Crippen LogP contribution in [0.5, 0.6) is 5.75 Å². The third-order valence-corrected chi connectivity index (χ3v) is 4.73. The number of fused-ring (bicyclic) bond motifs is 1. The second kappa shape index (κ2) is 7.61. The van der Waals surface area contributed by atoms with Crippen molar-refractivity contribution in [2.75, 3.05) is 39.8 Å². The Kier molecular flexibility index (Phi) is 4.88. The van der Waals surface area contributed by atoms with Gasteiger partial charge in [0.1, 0.15) is 5.75 Å². The molecule has 3 heterocycles. The third kappa shape index (κ3) is 3.43. The highest BCUT2D eigenvalue weighted by atomic mass is 16.5. The smallest absolute Gasteiger partial charge is 0.126 e. The fraction of sp³-hybridized carbons (Fsp3) is 0.368. The molecular weight excluding hydrogens is 328 g/mol. The Morgan fingerprint density at radius 2 is 1.92 bits per heavy atom. The number of rotatable bonds is 5. The normalized spacial score (nSPS) is 17.3. The van der Waals surface area contributed by atoms with E-state index in [1.54, 1.807) is 19.5 Å². The molecule has 0 bridgehead atoms. The van der Waals surface area contributed by atoms with Gasteiger partial charge >= 0.3 is 0 Å². The van der Waals surface area contributed by atoms with Crippen molar-refractivity contribution in [2.24, 2.45) is 0 Å². The van der Waals surface area contributed by atoms with Gasteiger partial charge in [-0.2, -0.15) is 0 Å². The van der Waals surface area contributed by atoms with Gasteiger partial charge in [0.05, 0.1) is 29.5 Å². The van der Waals surface area contributed by atoms with E-state index in [4.69, 9.17) is 4.74 Å². The number of methoxy groups -OCH3 is 1. The Balaban J connectivity index is 1.53. The van der Waals surface area contributed by atoms with Crippen LogP contribution in [0.1, 0.15) is 5.56 Å². The average molecular weight is 352 g/mol. The number of aromatic nitrogens is 2. The summed E-state index contributed by atoms with van der Waals surface area (Å²) in [6.45, 7) is 5.62. The predicted octanol–water partition coefficient (Wildman–Crippen LogP) is 0.962. The van der Waals surface area contributed by atoms with Crippen LogP contribution in [0.3, 0.4) is 0 Å². The number of piperazine rings is 1. The van der Waals surface area contributed by atoms with Crippen LogP contribution < -0.4 is 20.7 Å². The number of ether oxygens (including phenoxy) is 1. The van der Waals surface area contributed by atoms with Gasteiger partial charge in [0.25, 0.3) is 0 Å². The van der Waals surface area contributed by atoms with Gasteiger partial charge in [0.15, 0.2) is 0 Å². The molecule has 4 rings (SSSR count). The van der Waals surface area contributed by atoms with E-state index in [1.165, 1.54) is 5.70 Å². The zero-order valence-electron chi connectivity index (χ0n) is 15.0.